The van der Waals surface area contributed by atoms with E-state index in [4.69, 9.17) is 19.7 Å². The summed E-state index contributed by atoms with van der Waals surface area (Å²) in [7, 11) is 0. The van der Waals surface area contributed by atoms with E-state index >= 15 is 0 Å². The van der Waals surface area contributed by atoms with Crippen LogP contribution in [0.2, 0.25) is 0 Å². The summed E-state index contributed by atoms with van der Waals surface area (Å²) in [5.74, 6) is -1.08. The Balaban J connectivity index is 2.25. The molecular weight excluding hydrogens is 364 g/mol. The SMILES string of the molecule is CC(=O)O[C@@H]1C=CC(=O)C2(CC(=O)O[C@@H]2/C(C)=C(\C)CCC=C(CO)CO)C1. The summed E-state index contributed by atoms with van der Waals surface area (Å²) in [4.78, 5) is 36.2. The van der Waals surface area contributed by atoms with Crippen LogP contribution in [0.25, 0.3) is 0 Å². The minimum atomic E-state index is -1.06. The zero-order valence-electron chi connectivity index (χ0n) is 16.6. The number of hydrogen-bond donors (Lipinski definition) is 2. The molecule has 2 aliphatic rings. The van der Waals surface area contributed by atoms with E-state index in [-0.39, 0.29) is 31.8 Å². The highest BCUT2D eigenvalue weighted by atomic mass is 16.6. The number of aliphatic hydroxyl groups excluding tert-OH is 2. The van der Waals surface area contributed by atoms with Crippen LogP contribution in [-0.4, -0.2) is 53.4 Å². The zero-order chi connectivity index (χ0) is 20.9. The third-order valence-electron chi connectivity index (χ3n) is 5.47. The Morgan fingerprint density at radius 3 is 2.57 bits per heavy atom. The molecule has 1 aliphatic carbocycles. The molecule has 154 valence electrons. The van der Waals surface area contributed by atoms with Gasteiger partial charge < -0.3 is 19.7 Å². The molecule has 0 amide bonds. The second-order valence-corrected chi connectivity index (χ2v) is 7.46. The second kappa shape index (κ2) is 9.30. The molecule has 7 heteroatoms. The van der Waals surface area contributed by atoms with E-state index in [2.05, 4.69) is 0 Å². The van der Waals surface area contributed by atoms with E-state index in [0.717, 1.165) is 11.1 Å². The van der Waals surface area contributed by atoms with Gasteiger partial charge in [0, 0.05) is 13.3 Å². The molecule has 2 rings (SSSR count). The Morgan fingerprint density at radius 2 is 1.96 bits per heavy atom. The quantitative estimate of drug-likeness (QED) is 0.502. The van der Waals surface area contributed by atoms with Crippen molar-refractivity contribution in [1.29, 1.82) is 0 Å². The third-order valence-corrected chi connectivity index (χ3v) is 5.47. The second-order valence-electron chi connectivity index (χ2n) is 7.46. The molecule has 1 fully saturated rings. The van der Waals surface area contributed by atoms with Crippen LogP contribution in [0.3, 0.4) is 0 Å². The van der Waals surface area contributed by atoms with Crippen LogP contribution in [0.5, 0.6) is 0 Å². The summed E-state index contributed by atoms with van der Waals surface area (Å²) < 4.78 is 10.8. The Kier molecular flexibility index (Phi) is 7.32. The maximum absolute atomic E-state index is 12.8. The Bertz CT molecular complexity index is 725. The number of ketones is 1. The van der Waals surface area contributed by atoms with Gasteiger partial charge in [-0.2, -0.15) is 0 Å². The van der Waals surface area contributed by atoms with Crippen LogP contribution in [-0.2, 0) is 23.9 Å². The van der Waals surface area contributed by atoms with Gasteiger partial charge in [-0.15, -0.1) is 0 Å². The minimum absolute atomic E-state index is 0.0394. The van der Waals surface area contributed by atoms with Crippen molar-refractivity contribution in [1.82, 2.24) is 0 Å². The van der Waals surface area contributed by atoms with Gasteiger partial charge in [-0.1, -0.05) is 11.6 Å². The number of aliphatic hydroxyl groups is 2. The molecule has 1 unspecified atom stereocenters. The molecule has 2 N–H and O–H groups in total. The molecule has 0 bridgehead atoms. The first-order chi connectivity index (χ1) is 13.2. The van der Waals surface area contributed by atoms with Crippen LogP contribution in [0.4, 0.5) is 0 Å². The lowest BCUT2D eigenvalue weighted by Crippen LogP contribution is -2.44. The van der Waals surface area contributed by atoms with Gasteiger partial charge in [0.25, 0.3) is 0 Å². The minimum Gasteiger partial charge on any atom is -0.458 e. The van der Waals surface area contributed by atoms with E-state index in [0.29, 0.717) is 18.4 Å². The first kappa shape index (κ1) is 22.0. The van der Waals surface area contributed by atoms with Gasteiger partial charge in [0.1, 0.15) is 12.2 Å². The number of ether oxygens (including phenoxy) is 2. The Labute approximate surface area is 164 Å². The Hall–Kier alpha value is -2.25. The van der Waals surface area contributed by atoms with Crippen LogP contribution >= 0.6 is 0 Å². The van der Waals surface area contributed by atoms with Gasteiger partial charge in [-0.05, 0) is 50.0 Å². The van der Waals surface area contributed by atoms with Crippen molar-refractivity contribution in [2.24, 2.45) is 5.41 Å². The molecule has 0 saturated carbocycles. The molecule has 1 aliphatic heterocycles. The molecule has 0 aromatic carbocycles. The fourth-order valence-corrected chi connectivity index (χ4v) is 3.81. The fourth-order valence-electron chi connectivity index (χ4n) is 3.81. The lowest BCUT2D eigenvalue weighted by Gasteiger charge is -2.36. The summed E-state index contributed by atoms with van der Waals surface area (Å²) >= 11 is 0. The number of allylic oxidation sites excluding steroid dienone is 3. The van der Waals surface area contributed by atoms with Crippen molar-refractivity contribution in [2.75, 3.05) is 13.2 Å². The van der Waals surface area contributed by atoms with Crippen molar-refractivity contribution in [3.05, 3.63) is 34.9 Å². The lowest BCUT2D eigenvalue weighted by atomic mass is 9.67. The highest BCUT2D eigenvalue weighted by Crippen LogP contribution is 2.47. The summed E-state index contributed by atoms with van der Waals surface area (Å²) in [6.07, 6.45) is 4.86. The van der Waals surface area contributed by atoms with Gasteiger partial charge in [0.15, 0.2) is 5.78 Å². The monoisotopic (exact) mass is 392 g/mol. The van der Waals surface area contributed by atoms with Crippen molar-refractivity contribution < 1.29 is 34.1 Å². The van der Waals surface area contributed by atoms with Gasteiger partial charge in [-0.25, -0.2) is 0 Å². The molecule has 28 heavy (non-hydrogen) atoms. The van der Waals surface area contributed by atoms with Crippen molar-refractivity contribution in [3.63, 3.8) is 0 Å². The van der Waals surface area contributed by atoms with E-state index in [1.54, 1.807) is 12.2 Å². The first-order valence-corrected chi connectivity index (χ1v) is 9.38. The molecule has 1 heterocycles. The molecule has 0 radical (unpaired) electrons. The van der Waals surface area contributed by atoms with Crippen LogP contribution in [0, 0.1) is 5.41 Å². The topological polar surface area (TPSA) is 110 Å². The molecule has 7 nitrogen and oxygen atoms in total. The molecule has 0 aromatic rings. The van der Waals surface area contributed by atoms with Gasteiger partial charge in [-0.3, -0.25) is 14.4 Å². The third kappa shape index (κ3) is 4.77. The van der Waals surface area contributed by atoms with Crippen LogP contribution in [0.1, 0.15) is 46.5 Å². The predicted octanol–water partition coefficient (Wildman–Crippen LogP) is 1.78. The number of carbonyl (C=O) groups is 3. The van der Waals surface area contributed by atoms with Gasteiger partial charge in [0.05, 0.1) is 25.0 Å². The smallest absolute Gasteiger partial charge is 0.307 e. The average molecular weight is 392 g/mol. The fraction of sp³-hybridized carbons (Fsp3) is 0.571. The largest absolute Gasteiger partial charge is 0.458 e. The molecule has 0 aromatic heterocycles. The van der Waals surface area contributed by atoms with Crippen molar-refractivity contribution >= 4 is 17.7 Å². The van der Waals surface area contributed by atoms with E-state index in [9.17, 15) is 14.4 Å². The molecular formula is C21H28O7. The molecule has 1 saturated heterocycles. The summed E-state index contributed by atoms with van der Waals surface area (Å²) in [5.41, 5.74) is 1.26. The summed E-state index contributed by atoms with van der Waals surface area (Å²) in [6, 6.07) is 0. The number of rotatable bonds is 7. The summed E-state index contributed by atoms with van der Waals surface area (Å²) in [5, 5.41) is 18.2. The van der Waals surface area contributed by atoms with Gasteiger partial charge in [0.2, 0.25) is 0 Å². The maximum atomic E-state index is 12.8. The van der Waals surface area contributed by atoms with Crippen molar-refractivity contribution in [2.45, 2.75) is 58.7 Å². The number of carbonyl (C=O) groups excluding carboxylic acids is 3. The molecule has 1 spiro atoms. The van der Waals surface area contributed by atoms with Crippen LogP contribution < -0.4 is 0 Å². The zero-order valence-corrected chi connectivity index (χ0v) is 16.6. The average Bonchev–Trinajstić information content (AvgIpc) is 2.97. The van der Waals surface area contributed by atoms with E-state index < -0.39 is 29.6 Å². The van der Waals surface area contributed by atoms with E-state index in [1.165, 1.54) is 13.0 Å². The van der Waals surface area contributed by atoms with Gasteiger partial charge >= 0.3 is 11.9 Å². The molecule has 3 atom stereocenters. The lowest BCUT2D eigenvalue weighted by molar-refractivity contribution is -0.149. The number of esters is 2. The number of cyclic esters (lactones) is 1. The maximum Gasteiger partial charge on any atom is 0.307 e. The number of hydrogen-bond acceptors (Lipinski definition) is 7. The van der Waals surface area contributed by atoms with E-state index in [1.807, 2.05) is 13.8 Å². The highest BCUT2D eigenvalue weighted by molar-refractivity contribution is 6.00. The normalized spacial score (nSPS) is 27.5. The standard InChI is InChI=1S/C21H28O7/c1-13(5-4-6-16(11-22)12-23)14(2)20-21(10-19(26)28-20)9-17(27-15(3)24)7-8-18(21)25/h6-8,17,20,22-23H,4-5,9-12H2,1-3H3/b14-13+/t17-,20-,21?/m1/s1. The summed E-state index contributed by atoms with van der Waals surface area (Å²) in [6.45, 7) is 4.67. The van der Waals surface area contributed by atoms with Crippen molar-refractivity contribution in [3.8, 4) is 0 Å². The highest BCUT2D eigenvalue weighted by Gasteiger charge is 2.56. The van der Waals surface area contributed by atoms with Crippen LogP contribution in [0.15, 0.2) is 34.9 Å². The predicted molar refractivity (Wildman–Crippen MR) is 101 cm³/mol. The first-order valence-electron chi connectivity index (χ1n) is 9.38. The Morgan fingerprint density at radius 1 is 1.29 bits per heavy atom.